The number of hydrogen-bond donors (Lipinski definition) is 3. The number of nitrogens with zero attached hydrogens (tertiary/aromatic N) is 4. The van der Waals surface area contributed by atoms with E-state index in [1.165, 1.54) is 18.5 Å². The van der Waals surface area contributed by atoms with E-state index in [4.69, 9.17) is 16.3 Å². The topological polar surface area (TPSA) is 131 Å². The largest absolute Gasteiger partial charge is 0.394 e. The lowest BCUT2D eigenvalue weighted by atomic mass is 9.89. The van der Waals surface area contributed by atoms with E-state index in [1.54, 1.807) is 0 Å². The second-order valence-electron chi connectivity index (χ2n) is 7.34. The summed E-state index contributed by atoms with van der Waals surface area (Å²) >= 11 is 5.86. The van der Waals surface area contributed by atoms with E-state index in [0.717, 1.165) is 10.9 Å². The van der Waals surface area contributed by atoms with E-state index in [9.17, 15) is 33.3 Å². The summed E-state index contributed by atoms with van der Waals surface area (Å²) in [7, 11) is 0. The first-order chi connectivity index (χ1) is 15.7. The van der Waals surface area contributed by atoms with Gasteiger partial charge in [-0.3, -0.25) is 9.78 Å². The second-order valence-corrected chi connectivity index (χ2v) is 7.78. The summed E-state index contributed by atoms with van der Waals surface area (Å²) in [4.78, 5) is 16.7. The highest BCUT2D eigenvalue weighted by atomic mass is 35.5. The fourth-order valence-electron chi connectivity index (χ4n) is 3.60. The molecule has 3 N–H and O–H groups in total. The number of benzene rings is 1. The van der Waals surface area contributed by atoms with E-state index >= 15 is 0 Å². The van der Waals surface area contributed by atoms with Gasteiger partial charge < -0.3 is 20.1 Å². The van der Waals surface area contributed by atoms with Crippen LogP contribution in [-0.2, 0) is 4.74 Å². The van der Waals surface area contributed by atoms with E-state index in [0.29, 0.717) is 12.1 Å². The second kappa shape index (κ2) is 9.15. The van der Waals surface area contributed by atoms with Crippen LogP contribution < -0.4 is 0 Å². The van der Waals surface area contributed by atoms with Crippen molar-refractivity contribution < 1.29 is 38.0 Å². The number of halogens is 4. The van der Waals surface area contributed by atoms with Crippen molar-refractivity contribution in [1.29, 1.82) is 0 Å². The molecule has 3 heterocycles. The molecule has 1 fully saturated rings. The molecule has 33 heavy (non-hydrogen) atoms. The summed E-state index contributed by atoms with van der Waals surface area (Å²) in [5.74, 6) is -5.24. The predicted octanol–water partition coefficient (Wildman–Crippen LogP) is 1.32. The molecule has 0 bridgehead atoms. The Kier molecular flexibility index (Phi) is 6.45. The number of aromatic nitrogens is 4. The zero-order chi connectivity index (χ0) is 23.9. The zero-order valence-corrected chi connectivity index (χ0v) is 17.3. The van der Waals surface area contributed by atoms with Gasteiger partial charge in [-0.1, -0.05) is 16.8 Å². The first kappa shape index (κ1) is 23.3. The molecular weight excluding hydrogens is 469 g/mol. The van der Waals surface area contributed by atoms with Crippen molar-refractivity contribution >= 4 is 17.4 Å². The Hall–Kier alpha value is -2.90. The van der Waals surface area contributed by atoms with Crippen molar-refractivity contribution in [1.82, 2.24) is 20.0 Å². The van der Waals surface area contributed by atoms with Crippen LogP contribution >= 0.6 is 11.6 Å². The number of rotatable bonds is 5. The Bertz CT molecular complexity index is 1170. The van der Waals surface area contributed by atoms with Gasteiger partial charge in [0.05, 0.1) is 17.8 Å². The maximum absolute atomic E-state index is 13.6. The van der Waals surface area contributed by atoms with Gasteiger partial charge in [0.15, 0.2) is 23.2 Å². The molecule has 13 heteroatoms. The van der Waals surface area contributed by atoms with E-state index in [1.807, 2.05) is 0 Å². The molecule has 9 nitrogen and oxygen atoms in total. The molecule has 1 saturated heterocycles. The van der Waals surface area contributed by atoms with Gasteiger partial charge in [-0.2, -0.15) is 0 Å². The van der Waals surface area contributed by atoms with Crippen molar-refractivity contribution in [2.75, 3.05) is 6.61 Å². The number of Topliss-reactive ketones (excluding diaryl/α,β-unsaturated/α-hetero) is 1. The highest BCUT2D eigenvalue weighted by Crippen LogP contribution is 2.32. The first-order valence-corrected chi connectivity index (χ1v) is 9.93. The smallest absolute Gasteiger partial charge is 0.195 e. The normalized spacial score (nSPS) is 25.2. The Labute approximate surface area is 189 Å². The van der Waals surface area contributed by atoms with Gasteiger partial charge in [-0.15, -0.1) is 5.10 Å². The highest BCUT2D eigenvalue weighted by molar-refractivity contribution is 6.30. The molecule has 0 amide bonds. The summed E-state index contributed by atoms with van der Waals surface area (Å²) in [6.45, 7) is -0.697. The molecule has 0 spiro atoms. The van der Waals surface area contributed by atoms with Gasteiger partial charge >= 0.3 is 0 Å². The van der Waals surface area contributed by atoms with Gasteiger partial charge in [-0.05, 0) is 18.2 Å². The Balaban J connectivity index is 1.68. The molecule has 3 aromatic rings. The van der Waals surface area contributed by atoms with Gasteiger partial charge in [-0.25, -0.2) is 17.9 Å². The third kappa shape index (κ3) is 4.35. The van der Waals surface area contributed by atoms with Crippen LogP contribution in [0.4, 0.5) is 13.2 Å². The molecule has 0 saturated carbocycles. The van der Waals surface area contributed by atoms with E-state index in [2.05, 4.69) is 15.3 Å². The van der Waals surface area contributed by atoms with Crippen molar-refractivity contribution in [3.63, 3.8) is 0 Å². The summed E-state index contributed by atoms with van der Waals surface area (Å²) in [6, 6.07) is 1.39. The number of aliphatic hydroxyl groups is 3. The van der Waals surface area contributed by atoms with Crippen molar-refractivity contribution in [2.24, 2.45) is 0 Å². The van der Waals surface area contributed by atoms with E-state index in [-0.39, 0.29) is 21.8 Å². The average molecular weight is 485 g/mol. The minimum atomic E-state index is -1.68. The SMILES string of the molecule is O=C(c1cncc(Cl)c1)[C@H]1OC(CO)[C@H](O)C(n2cc(-c3cc(F)c(F)c(F)c3)nn2)[C@@H]1O. The van der Waals surface area contributed by atoms with Crippen LogP contribution in [0.5, 0.6) is 0 Å². The third-order valence-corrected chi connectivity index (χ3v) is 5.44. The quantitative estimate of drug-likeness (QED) is 0.365. The van der Waals surface area contributed by atoms with Crippen LogP contribution in [0, 0.1) is 17.5 Å². The lowest BCUT2D eigenvalue weighted by molar-refractivity contribution is -0.190. The van der Waals surface area contributed by atoms with Crippen LogP contribution in [0.15, 0.2) is 36.8 Å². The number of carbonyl (C=O) groups is 1. The molecule has 0 radical (unpaired) electrons. The Morgan fingerprint density at radius 2 is 1.82 bits per heavy atom. The lowest BCUT2D eigenvalue weighted by Gasteiger charge is -2.41. The van der Waals surface area contributed by atoms with Crippen molar-refractivity contribution in [2.45, 2.75) is 30.5 Å². The number of ketones is 1. The van der Waals surface area contributed by atoms with Crippen molar-refractivity contribution in [3.8, 4) is 11.3 Å². The van der Waals surface area contributed by atoms with Gasteiger partial charge in [0.2, 0.25) is 0 Å². The molecular formula is C20H16ClF3N4O5. The Morgan fingerprint density at radius 3 is 2.45 bits per heavy atom. The van der Waals surface area contributed by atoms with Crippen LogP contribution in [0.1, 0.15) is 16.4 Å². The number of aliphatic hydroxyl groups excluding tert-OH is 3. The fourth-order valence-corrected chi connectivity index (χ4v) is 3.77. The van der Waals surface area contributed by atoms with Gasteiger partial charge in [0.25, 0.3) is 0 Å². The zero-order valence-electron chi connectivity index (χ0n) is 16.5. The molecule has 1 aliphatic rings. The van der Waals surface area contributed by atoms with Gasteiger partial charge in [0, 0.05) is 23.5 Å². The van der Waals surface area contributed by atoms with Crippen molar-refractivity contribution in [3.05, 3.63) is 64.8 Å². The fraction of sp³-hybridized carbons (Fsp3) is 0.300. The number of pyridine rings is 1. The van der Waals surface area contributed by atoms with Gasteiger partial charge in [0.1, 0.15) is 36.2 Å². The molecule has 174 valence electrons. The number of ether oxygens (including phenoxy) is 1. The molecule has 4 rings (SSSR count). The summed E-state index contributed by atoms with van der Waals surface area (Å²) < 4.78 is 46.8. The summed E-state index contributed by atoms with van der Waals surface area (Å²) in [5, 5.41) is 38.8. The number of hydrogen-bond acceptors (Lipinski definition) is 8. The molecule has 0 aliphatic carbocycles. The lowest BCUT2D eigenvalue weighted by Crippen LogP contribution is -2.58. The van der Waals surface area contributed by atoms with Crippen LogP contribution in [0.3, 0.4) is 0 Å². The molecule has 1 aromatic carbocycles. The third-order valence-electron chi connectivity index (χ3n) is 5.24. The highest BCUT2D eigenvalue weighted by Gasteiger charge is 2.48. The average Bonchev–Trinajstić information content (AvgIpc) is 3.27. The molecule has 5 atom stereocenters. The maximum atomic E-state index is 13.6. The molecule has 2 unspecified atom stereocenters. The molecule has 1 aliphatic heterocycles. The summed E-state index contributed by atoms with van der Waals surface area (Å²) in [6.07, 6.45) is -2.38. The number of carbonyl (C=O) groups excluding carboxylic acids is 1. The monoisotopic (exact) mass is 484 g/mol. The minimum Gasteiger partial charge on any atom is -0.394 e. The molecule has 2 aromatic heterocycles. The van der Waals surface area contributed by atoms with Crippen LogP contribution in [0.2, 0.25) is 5.02 Å². The maximum Gasteiger partial charge on any atom is 0.195 e. The van der Waals surface area contributed by atoms with E-state index < -0.39 is 60.3 Å². The first-order valence-electron chi connectivity index (χ1n) is 9.55. The predicted molar refractivity (Wildman–Crippen MR) is 106 cm³/mol. The van der Waals surface area contributed by atoms with Crippen LogP contribution in [0.25, 0.3) is 11.3 Å². The minimum absolute atomic E-state index is 0.0231. The Morgan fingerprint density at radius 1 is 1.12 bits per heavy atom. The standard InChI is InChI=1S/C20H16ClF3N4O5/c21-10-1-9(4-25-5-10)17(30)20-19(32)16(18(31)14(7-29)33-20)28-6-13(26-27-28)8-2-11(22)15(24)12(23)3-8/h1-6,14,16,18-20,29,31-32H,7H2/t14?,16?,18-,19-,20+/m0/s1. The summed E-state index contributed by atoms with van der Waals surface area (Å²) in [5.41, 5.74) is -0.221. The van der Waals surface area contributed by atoms with Crippen LogP contribution in [-0.4, -0.2) is 72.1 Å².